The molecule has 1 N–H and O–H groups in total. The van der Waals surface area contributed by atoms with Crippen LogP contribution in [0.2, 0.25) is 0 Å². The van der Waals surface area contributed by atoms with E-state index < -0.39 is 11.6 Å². The molecule has 10 heteroatoms. The number of amides is 1. The van der Waals surface area contributed by atoms with Gasteiger partial charge in [0.1, 0.15) is 0 Å². The van der Waals surface area contributed by atoms with Gasteiger partial charge < -0.3 is 10.1 Å². The van der Waals surface area contributed by atoms with E-state index in [1.54, 1.807) is 17.2 Å². The quantitative estimate of drug-likeness (QED) is 0.459. The van der Waals surface area contributed by atoms with Crippen molar-refractivity contribution in [3.63, 3.8) is 0 Å². The zero-order valence-corrected chi connectivity index (χ0v) is 18.8. The fraction of sp³-hybridized carbons (Fsp3) is 0.273. The van der Waals surface area contributed by atoms with E-state index in [0.29, 0.717) is 28.7 Å². The number of carbonyl (C=O) groups is 1. The van der Waals surface area contributed by atoms with E-state index in [2.05, 4.69) is 20.4 Å². The predicted octanol–water partition coefficient (Wildman–Crippen LogP) is 4.57. The average molecular weight is 458 g/mol. The number of aryl methyl sites for hydroxylation is 3. The van der Waals surface area contributed by atoms with E-state index in [4.69, 9.17) is 4.74 Å². The highest BCUT2D eigenvalue weighted by Gasteiger charge is 2.19. The summed E-state index contributed by atoms with van der Waals surface area (Å²) in [4.78, 5) is 21.5. The molecular formula is C22H21F2N5O2S. The van der Waals surface area contributed by atoms with E-state index in [9.17, 15) is 13.6 Å². The van der Waals surface area contributed by atoms with Gasteiger partial charge in [-0.1, -0.05) is 0 Å². The minimum Gasteiger partial charge on any atom is -0.479 e. The lowest BCUT2D eigenvalue weighted by molar-refractivity contribution is -0.116. The second-order valence-electron chi connectivity index (χ2n) is 7.35. The number of fused-ring (bicyclic) bond motifs is 1. The van der Waals surface area contributed by atoms with Crippen LogP contribution in [0, 0.1) is 25.5 Å². The third-order valence-electron chi connectivity index (χ3n) is 5.28. The van der Waals surface area contributed by atoms with Crippen LogP contribution in [0.25, 0.3) is 22.3 Å². The number of nitrogens with one attached hydrogen (secondary N) is 1. The van der Waals surface area contributed by atoms with Gasteiger partial charge >= 0.3 is 0 Å². The first-order valence-corrected chi connectivity index (χ1v) is 10.7. The van der Waals surface area contributed by atoms with E-state index in [1.807, 2.05) is 20.9 Å². The highest BCUT2D eigenvalue weighted by atomic mass is 32.1. The van der Waals surface area contributed by atoms with Crippen LogP contribution in [0.15, 0.2) is 23.6 Å². The Morgan fingerprint density at radius 2 is 2.00 bits per heavy atom. The Morgan fingerprint density at radius 3 is 2.72 bits per heavy atom. The first kappa shape index (κ1) is 21.8. The maximum Gasteiger partial charge on any atom is 0.242 e. The summed E-state index contributed by atoms with van der Waals surface area (Å²) in [5.74, 6) is -1.55. The number of carbonyl (C=O) groups excluding carboxylic acids is 1. The number of pyridine rings is 1. The second-order valence-corrected chi connectivity index (χ2v) is 8.21. The number of nitrogens with zero attached hydrogens (tertiary/aromatic N) is 4. The molecule has 0 saturated carbocycles. The van der Waals surface area contributed by atoms with Gasteiger partial charge in [0.05, 0.1) is 18.2 Å². The Hall–Kier alpha value is -3.40. The first-order chi connectivity index (χ1) is 15.3. The van der Waals surface area contributed by atoms with Gasteiger partial charge in [-0.3, -0.25) is 4.79 Å². The molecule has 4 aromatic rings. The third kappa shape index (κ3) is 4.05. The Bertz CT molecular complexity index is 1330. The number of benzene rings is 1. The average Bonchev–Trinajstić information content (AvgIpc) is 3.34. The van der Waals surface area contributed by atoms with Crippen LogP contribution in [-0.4, -0.2) is 32.8 Å². The van der Waals surface area contributed by atoms with Crippen molar-refractivity contribution in [2.24, 2.45) is 7.05 Å². The molecule has 0 saturated heterocycles. The van der Waals surface area contributed by atoms with Crippen molar-refractivity contribution in [1.29, 1.82) is 0 Å². The molecule has 32 heavy (non-hydrogen) atoms. The molecule has 0 aliphatic heterocycles. The van der Waals surface area contributed by atoms with Crippen LogP contribution >= 0.6 is 11.3 Å². The largest absolute Gasteiger partial charge is 0.479 e. The first-order valence-electron chi connectivity index (χ1n) is 9.86. The van der Waals surface area contributed by atoms with E-state index in [1.165, 1.54) is 17.4 Å². The molecule has 0 bridgehead atoms. The number of anilines is 1. The Kier molecular flexibility index (Phi) is 5.88. The Labute approximate surface area is 187 Å². The Balaban J connectivity index is 1.47. The molecule has 3 aromatic heterocycles. The van der Waals surface area contributed by atoms with Crippen LogP contribution in [0.4, 0.5) is 13.9 Å². The summed E-state index contributed by atoms with van der Waals surface area (Å²) in [7, 11) is 3.38. The van der Waals surface area contributed by atoms with Crippen molar-refractivity contribution < 1.29 is 18.3 Å². The third-order valence-corrected chi connectivity index (χ3v) is 6.04. The number of halogens is 2. The fourth-order valence-electron chi connectivity index (χ4n) is 3.65. The summed E-state index contributed by atoms with van der Waals surface area (Å²) < 4.78 is 33.7. The van der Waals surface area contributed by atoms with Gasteiger partial charge in [-0.05, 0) is 49.6 Å². The molecule has 0 unspecified atom stereocenters. The monoisotopic (exact) mass is 457 g/mol. The normalized spacial score (nSPS) is 11.2. The number of hydrogen-bond donors (Lipinski definition) is 1. The Morgan fingerprint density at radius 1 is 1.22 bits per heavy atom. The molecule has 0 spiro atoms. The van der Waals surface area contributed by atoms with Crippen LogP contribution in [-0.2, 0) is 18.3 Å². The van der Waals surface area contributed by atoms with Gasteiger partial charge in [-0.15, -0.1) is 16.4 Å². The minimum absolute atomic E-state index is 0.201. The number of hydrogen-bond acceptors (Lipinski definition) is 6. The van der Waals surface area contributed by atoms with Gasteiger partial charge in [-0.25, -0.2) is 23.4 Å². The summed E-state index contributed by atoms with van der Waals surface area (Å²) in [5, 5.41) is 10.0. The molecular weight excluding hydrogens is 436 g/mol. The van der Waals surface area contributed by atoms with Crippen molar-refractivity contribution >= 4 is 33.4 Å². The second kappa shape index (κ2) is 8.62. The van der Waals surface area contributed by atoms with E-state index in [0.717, 1.165) is 40.0 Å². The van der Waals surface area contributed by atoms with Crippen LogP contribution in [0.5, 0.6) is 5.88 Å². The molecule has 0 fully saturated rings. The molecule has 3 heterocycles. The van der Waals surface area contributed by atoms with E-state index >= 15 is 0 Å². The SMILES string of the molecule is COc1nn(C)c2nc(C)c(CCC(=O)Nc3nc(-c4ccc(F)c(F)c4)cs3)c(C)c12. The lowest BCUT2D eigenvalue weighted by Crippen LogP contribution is -2.13. The highest BCUT2D eigenvalue weighted by Crippen LogP contribution is 2.31. The smallest absolute Gasteiger partial charge is 0.242 e. The van der Waals surface area contributed by atoms with Crippen LogP contribution < -0.4 is 10.1 Å². The maximum absolute atomic E-state index is 13.5. The molecule has 0 atom stereocenters. The lowest BCUT2D eigenvalue weighted by atomic mass is 10.00. The molecule has 166 valence electrons. The summed E-state index contributed by atoms with van der Waals surface area (Å²) in [6.07, 6.45) is 0.726. The standard InChI is InChI=1S/C22H21F2N5O2S/c1-11-14(12(2)25-20-19(11)21(31-4)28-29(20)3)6-8-18(30)27-22-26-17(10-32-22)13-5-7-15(23)16(24)9-13/h5,7,9-10H,6,8H2,1-4H3,(H,26,27,30). The molecule has 0 aliphatic rings. The molecule has 4 rings (SSSR count). The number of aromatic nitrogens is 4. The van der Waals surface area contributed by atoms with Gasteiger partial charge in [0.25, 0.3) is 0 Å². The number of rotatable bonds is 6. The lowest BCUT2D eigenvalue weighted by Gasteiger charge is -2.11. The van der Waals surface area contributed by atoms with Gasteiger partial charge in [0, 0.05) is 30.1 Å². The summed E-state index contributed by atoms with van der Waals surface area (Å²) in [6, 6.07) is 3.58. The number of thiazole rings is 1. The van der Waals surface area contributed by atoms with E-state index in [-0.39, 0.29) is 12.3 Å². The van der Waals surface area contributed by atoms with Crippen molar-refractivity contribution in [3.05, 3.63) is 52.0 Å². The topological polar surface area (TPSA) is 81.9 Å². The van der Waals surface area contributed by atoms with Gasteiger partial charge in [0.2, 0.25) is 11.8 Å². The number of ether oxygens (including phenoxy) is 1. The van der Waals surface area contributed by atoms with Crippen LogP contribution in [0.3, 0.4) is 0 Å². The van der Waals surface area contributed by atoms with Crippen molar-refractivity contribution in [1.82, 2.24) is 19.7 Å². The molecule has 0 aliphatic carbocycles. The molecule has 1 amide bonds. The number of methoxy groups -OCH3 is 1. The highest BCUT2D eigenvalue weighted by molar-refractivity contribution is 7.14. The molecule has 1 aromatic carbocycles. The maximum atomic E-state index is 13.5. The van der Waals surface area contributed by atoms with Crippen molar-refractivity contribution in [3.8, 4) is 17.1 Å². The van der Waals surface area contributed by atoms with Gasteiger partial charge in [-0.2, -0.15) is 0 Å². The zero-order valence-electron chi connectivity index (χ0n) is 18.0. The van der Waals surface area contributed by atoms with Crippen molar-refractivity contribution in [2.75, 3.05) is 12.4 Å². The summed E-state index contributed by atoms with van der Waals surface area (Å²) >= 11 is 1.22. The molecule has 0 radical (unpaired) electrons. The summed E-state index contributed by atoms with van der Waals surface area (Å²) in [5.41, 5.74) is 4.44. The fourth-order valence-corrected chi connectivity index (χ4v) is 4.38. The zero-order chi connectivity index (χ0) is 23.0. The molecule has 7 nitrogen and oxygen atoms in total. The summed E-state index contributed by atoms with van der Waals surface area (Å²) in [6.45, 7) is 3.89. The van der Waals surface area contributed by atoms with Crippen molar-refractivity contribution in [2.45, 2.75) is 26.7 Å². The van der Waals surface area contributed by atoms with Crippen LogP contribution in [0.1, 0.15) is 23.2 Å². The predicted molar refractivity (Wildman–Crippen MR) is 119 cm³/mol. The van der Waals surface area contributed by atoms with Gasteiger partial charge in [0.15, 0.2) is 22.4 Å². The minimum atomic E-state index is -0.942.